The zero-order valence-corrected chi connectivity index (χ0v) is 9.86. The molecule has 1 N–H and O–H groups in total. The van der Waals surface area contributed by atoms with Gasteiger partial charge >= 0.3 is 12.1 Å². The molecule has 0 unspecified atom stereocenters. The molecule has 19 heavy (non-hydrogen) atoms. The minimum atomic E-state index is -4.83. The van der Waals surface area contributed by atoms with Crippen LogP contribution in [0.25, 0.3) is 0 Å². The van der Waals surface area contributed by atoms with Crippen LogP contribution in [0.1, 0.15) is 5.89 Å². The predicted octanol–water partition coefficient (Wildman–Crippen LogP) is 1.89. The van der Waals surface area contributed by atoms with Gasteiger partial charge in [-0.05, 0) is 17.3 Å². The van der Waals surface area contributed by atoms with Crippen molar-refractivity contribution < 1.29 is 26.1 Å². The maximum atomic E-state index is 12.2. The number of rotatable bonds is 3. The van der Waals surface area contributed by atoms with Gasteiger partial charge in [0.15, 0.2) is 0 Å². The fourth-order valence-corrected chi connectivity index (χ4v) is 2.12. The van der Waals surface area contributed by atoms with Crippen molar-refractivity contribution >= 4 is 16.0 Å². The van der Waals surface area contributed by atoms with Crippen LogP contribution in [-0.2, 0) is 16.2 Å². The average Bonchev–Trinajstić information content (AvgIpc) is 2.78. The van der Waals surface area contributed by atoms with Crippen molar-refractivity contribution in [2.45, 2.75) is 11.1 Å². The number of benzene rings is 1. The van der Waals surface area contributed by atoms with E-state index in [0.717, 1.165) is 0 Å². The summed E-state index contributed by atoms with van der Waals surface area (Å²) in [7, 11) is -4.05. The summed E-state index contributed by atoms with van der Waals surface area (Å²) in [6, 6.07) is 7.06. The van der Waals surface area contributed by atoms with Gasteiger partial charge in [-0.25, -0.2) is 13.1 Å². The number of nitrogens with zero attached hydrogens (tertiary/aromatic N) is 2. The highest BCUT2D eigenvalue weighted by Crippen LogP contribution is 2.28. The van der Waals surface area contributed by atoms with Crippen LogP contribution < -0.4 is 4.72 Å². The molecule has 0 atom stereocenters. The first-order chi connectivity index (χ1) is 8.79. The third-order valence-corrected chi connectivity index (χ3v) is 3.29. The van der Waals surface area contributed by atoms with Crippen LogP contribution in [0.15, 0.2) is 39.8 Å². The number of halogens is 3. The molecule has 6 nitrogen and oxygen atoms in total. The predicted molar refractivity (Wildman–Crippen MR) is 56.6 cm³/mol. The van der Waals surface area contributed by atoms with E-state index in [1.807, 2.05) is 0 Å². The smallest absolute Gasteiger partial charge is 0.327 e. The Morgan fingerprint density at radius 1 is 1.16 bits per heavy atom. The Bertz CT molecular complexity index is 667. The zero-order valence-electron chi connectivity index (χ0n) is 9.05. The Morgan fingerprint density at radius 3 is 2.32 bits per heavy atom. The normalized spacial score (nSPS) is 12.4. The van der Waals surface area contributed by atoms with Gasteiger partial charge in [0.05, 0.1) is 4.90 Å². The summed E-state index contributed by atoms with van der Waals surface area (Å²) in [5.74, 6) is -2.41. The highest BCUT2D eigenvalue weighted by atomic mass is 32.2. The van der Waals surface area contributed by atoms with Crippen molar-refractivity contribution in [1.82, 2.24) is 10.1 Å². The molecule has 0 fully saturated rings. The van der Waals surface area contributed by atoms with E-state index in [4.69, 9.17) is 0 Å². The third-order valence-electron chi connectivity index (χ3n) is 1.95. The molecule has 102 valence electrons. The Labute approximate surface area is 105 Å². The number of alkyl halides is 3. The van der Waals surface area contributed by atoms with Gasteiger partial charge in [-0.3, -0.25) is 0 Å². The molecule has 0 saturated carbocycles. The van der Waals surface area contributed by atoms with Gasteiger partial charge in [-0.15, -0.1) is 0 Å². The molecule has 0 aliphatic heterocycles. The van der Waals surface area contributed by atoms with Crippen molar-refractivity contribution in [3.05, 3.63) is 36.2 Å². The van der Waals surface area contributed by atoms with Gasteiger partial charge in [0.1, 0.15) is 0 Å². The second-order valence-corrected chi connectivity index (χ2v) is 5.02. The van der Waals surface area contributed by atoms with E-state index >= 15 is 0 Å². The fraction of sp³-hybridized carbons (Fsp3) is 0.111. The Hall–Kier alpha value is -2.10. The molecule has 0 saturated heterocycles. The average molecular weight is 293 g/mol. The lowest BCUT2D eigenvalue weighted by Crippen LogP contribution is -2.14. The molecule has 10 heteroatoms. The standard InChI is InChI=1S/C9H6F3N3O3S/c10-9(11,12)7-13-8(14-18-7)15-19(16,17)6-4-2-1-3-5-6/h1-5H,(H,14,15). The zero-order chi connectivity index (χ0) is 14.1. The molecule has 0 aliphatic rings. The number of aromatic nitrogens is 2. The van der Waals surface area contributed by atoms with Gasteiger partial charge in [0.2, 0.25) is 0 Å². The number of hydrogen-bond donors (Lipinski definition) is 1. The quantitative estimate of drug-likeness (QED) is 0.934. The molecule has 1 aromatic carbocycles. The number of anilines is 1. The Morgan fingerprint density at radius 2 is 1.79 bits per heavy atom. The highest BCUT2D eigenvalue weighted by molar-refractivity contribution is 7.92. The summed E-state index contributed by atoms with van der Waals surface area (Å²) in [4.78, 5) is 2.77. The number of hydrogen-bond acceptors (Lipinski definition) is 5. The number of sulfonamides is 1. The molecular formula is C9H6F3N3O3S. The monoisotopic (exact) mass is 293 g/mol. The van der Waals surface area contributed by atoms with E-state index < -0.39 is 28.0 Å². The van der Waals surface area contributed by atoms with E-state index in [-0.39, 0.29) is 4.90 Å². The van der Waals surface area contributed by atoms with Crippen LogP contribution in [0.3, 0.4) is 0 Å². The summed E-state index contributed by atoms with van der Waals surface area (Å²) < 4.78 is 65.7. The van der Waals surface area contributed by atoms with Gasteiger partial charge in [-0.2, -0.15) is 18.2 Å². The highest BCUT2D eigenvalue weighted by Gasteiger charge is 2.38. The van der Waals surface area contributed by atoms with Crippen molar-refractivity contribution in [2.24, 2.45) is 0 Å². The van der Waals surface area contributed by atoms with E-state index in [9.17, 15) is 21.6 Å². The third kappa shape index (κ3) is 3.02. The fourth-order valence-electron chi connectivity index (χ4n) is 1.16. The van der Waals surface area contributed by atoms with Crippen molar-refractivity contribution in [2.75, 3.05) is 4.72 Å². The summed E-state index contributed by atoms with van der Waals surface area (Å²) in [6.45, 7) is 0. The SMILES string of the molecule is O=S(=O)(Nc1noc(C(F)(F)F)n1)c1ccccc1. The van der Waals surface area contributed by atoms with Crippen LogP contribution in [0.2, 0.25) is 0 Å². The van der Waals surface area contributed by atoms with E-state index in [2.05, 4.69) is 14.7 Å². The van der Waals surface area contributed by atoms with Crippen LogP contribution in [0.5, 0.6) is 0 Å². The van der Waals surface area contributed by atoms with Crippen molar-refractivity contribution in [3.8, 4) is 0 Å². The lowest BCUT2D eigenvalue weighted by Gasteiger charge is -2.02. The molecule has 0 aliphatic carbocycles. The van der Waals surface area contributed by atoms with Crippen LogP contribution in [0.4, 0.5) is 19.1 Å². The van der Waals surface area contributed by atoms with E-state index in [1.54, 1.807) is 10.8 Å². The van der Waals surface area contributed by atoms with Crippen molar-refractivity contribution in [1.29, 1.82) is 0 Å². The molecular weight excluding hydrogens is 287 g/mol. The molecule has 2 aromatic rings. The molecule has 0 bridgehead atoms. The van der Waals surface area contributed by atoms with Crippen LogP contribution in [0, 0.1) is 0 Å². The lowest BCUT2D eigenvalue weighted by molar-refractivity contribution is -0.159. The second-order valence-electron chi connectivity index (χ2n) is 3.34. The molecule has 1 heterocycles. The van der Waals surface area contributed by atoms with Crippen molar-refractivity contribution in [3.63, 3.8) is 0 Å². The van der Waals surface area contributed by atoms with E-state index in [0.29, 0.717) is 0 Å². The van der Waals surface area contributed by atoms with Gasteiger partial charge < -0.3 is 4.52 Å². The topological polar surface area (TPSA) is 85.1 Å². The molecule has 0 amide bonds. The minimum absolute atomic E-state index is 0.131. The van der Waals surface area contributed by atoms with Gasteiger partial charge in [0.25, 0.3) is 16.0 Å². The molecule has 2 rings (SSSR count). The summed E-state index contributed by atoms with van der Waals surface area (Å²) in [5, 5.41) is 2.90. The first-order valence-corrected chi connectivity index (χ1v) is 6.26. The molecule has 0 radical (unpaired) electrons. The molecule has 0 spiro atoms. The first kappa shape index (κ1) is 13.3. The van der Waals surface area contributed by atoms with Crippen LogP contribution in [-0.4, -0.2) is 18.6 Å². The maximum Gasteiger partial charge on any atom is 0.471 e. The first-order valence-electron chi connectivity index (χ1n) is 4.78. The van der Waals surface area contributed by atoms with Gasteiger partial charge in [-0.1, -0.05) is 18.2 Å². The molecule has 1 aromatic heterocycles. The lowest BCUT2D eigenvalue weighted by atomic mass is 10.4. The number of nitrogens with one attached hydrogen (secondary N) is 1. The largest absolute Gasteiger partial charge is 0.471 e. The summed E-state index contributed by atoms with van der Waals surface area (Å²) >= 11 is 0. The van der Waals surface area contributed by atoms with E-state index in [1.165, 1.54) is 24.3 Å². The maximum absolute atomic E-state index is 12.2. The van der Waals surface area contributed by atoms with Gasteiger partial charge in [0, 0.05) is 0 Å². The minimum Gasteiger partial charge on any atom is -0.327 e. The van der Waals surface area contributed by atoms with Crippen LogP contribution >= 0.6 is 0 Å². The summed E-state index contributed by atoms with van der Waals surface area (Å²) in [6.07, 6.45) is -4.83. The summed E-state index contributed by atoms with van der Waals surface area (Å²) in [5.41, 5.74) is 0. The Balaban J connectivity index is 2.25. The second kappa shape index (κ2) is 4.53. The Kier molecular flexibility index (Phi) is 3.18.